The lowest BCUT2D eigenvalue weighted by molar-refractivity contribution is -0.128. The number of aromatic nitrogens is 1. The van der Waals surface area contributed by atoms with E-state index in [9.17, 15) is 19.1 Å². The molecule has 2 N–H and O–H groups in total. The lowest BCUT2D eigenvalue weighted by atomic mass is 10.1. The predicted octanol–water partition coefficient (Wildman–Crippen LogP) is 0.949. The number of rotatable bonds is 3. The van der Waals surface area contributed by atoms with Gasteiger partial charge >= 0.3 is 0 Å². The maximum atomic E-state index is 13.5. The third-order valence-corrected chi connectivity index (χ3v) is 4.61. The molecule has 1 aromatic heterocycles. The van der Waals surface area contributed by atoms with Crippen LogP contribution in [0.25, 0.3) is 10.9 Å². The average molecular weight is 333 g/mol. The first kappa shape index (κ1) is 16.4. The van der Waals surface area contributed by atoms with Gasteiger partial charge < -0.3 is 19.9 Å². The van der Waals surface area contributed by atoms with Gasteiger partial charge in [0.1, 0.15) is 17.6 Å². The van der Waals surface area contributed by atoms with Gasteiger partial charge in [0.2, 0.25) is 5.91 Å². The SMILES string of the molecule is Cc1c(C(=O)N2CCNC(=O)[C@@H]2CCO)n(C)c2ccc(F)cc12. The zero-order valence-corrected chi connectivity index (χ0v) is 13.7. The Kier molecular flexibility index (Phi) is 4.28. The highest BCUT2D eigenvalue weighted by Crippen LogP contribution is 2.27. The molecule has 1 saturated heterocycles. The molecule has 128 valence electrons. The van der Waals surface area contributed by atoms with Gasteiger partial charge in [0.15, 0.2) is 0 Å². The van der Waals surface area contributed by atoms with Crippen molar-refractivity contribution in [2.45, 2.75) is 19.4 Å². The molecule has 0 bridgehead atoms. The third kappa shape index (κ3) is 2.54. The van der Waals surface area contributed by atoms with Crippen molar-refractivity contribution < 1.29 is 19.1 Å². The summed E-state index contributed by atoms with van der Waals surface area (Å²) in [5.41, 5.74) is 1.89. The van der Waals surface area contributed by atoms with Crippen LogP contribution in [0.4, 0.5) is 4.39 Å². The highest BCUT2D eigenvalue weighted by atomic mass is 19.1. The van der Waals surface area contributed by atoms with Crippen LogP contribution in [-0.2, 0) is 11.8 Å². The number of aliphatic hydroxyl groups is 1. The first-order chi connectivity index (χ1) is 11.5. The molecule has 0 aliphatic carbocycles. The smallest absolute Gasteiger partial charge is 0.271 e. The van der Waals surface area contributed by atoms with Crippen LogP contribution < -0.4 is 5.32 Å². The first-order valence-corrected chi connectivity index (χ1v) is 7.89. The maximum absolute atomic E-state index is 13.5. The maximum Gasteiger partial charge on any atom is 0.271 e. The van der Waals surface area contributed by atoms with Crippen molar-refractivity contribution in [1.29, 1.82) is 0 Å². The van der Waals surface area contributed by atoms with Crippen LogP contribution in [0, 0.1) is 12.7 Å². The summed E-state index contributed by atoms with van der Waals surface area (Å²) in [6, 6.07) is 3.72. The molecule has 2 heterocycles. The van der Waals surface area contributed by atoms with Gasteiger partial charge in [-0.1, -0.05) is 0 Å². The molecule has 2 amide bonds. The molecule has 0 unspecified atom stereocenters. The minimum atomic E-state index is -0.689. The van der Waals surface area contributed by atoms with Crippen LogP contribution in [0.5, 0.6) is 0 Å². The molecule has 24 heavy (non-hydrogen) atoms. The van der Waals surface area contributed by atoms with Crippen LogP contribution in [0.3, 0.4) is 0 Å². The van der Waals surface area contributed by atoms with Gasteiger partial charge in [-0.2, -0.15) is 0 Å². The lowest BCUT2D eigenvalue weighted by Crippen LogP contribution is -2.57. The number of fused-ring (bicyclic) bond motifs is 1. The lowest BCUT2D eigenvalue weighted by Gasteiger charge is -2.35. The number of nitrogens with zero attached hydrogens (tertiary/aromatic N) is 2. The number of piperazine rings is 1. The minimum absolute atomic E-state index is 0.179. The number of aryl methyl sites for hydroxylation is 2. The summed E-state index contributed by atoms with van der Waals surface area (Å²) in [6.45, 7) is 2.36. The fourth-order valence-corrected chi connectivity index (χ4v) is 3.41. The van der Waals surface area contributed by atoms with Gasteiger partial charge in [-0.05, 0) is 37.1 Å². The first-order valence-electron chi connectivity index (χ1n) is 7.89. The Morgan fingerprint density at radius 1 is 1.46 bits per heavy atom. The van der Waals surface area contributed by atoms with E-state index in [1.54, 1.807) is 24.6 Å². The molecule has 3 rings (SSSR count). The highest BCUT2D eigenvalue weighted by molar-refractivity contribution is 6.03. The molecule has 6 nitrogen and oxygen atoms in total. The summed E-state index contributed by atoms with van der Waals surface area (Å²) in [5.74, 6) is -0.892. The summed E-state index contributed by atoms with van der Waals surface area (Å²) in [4.78, 5) is 26.6. The third-order valence-electron chi connectivity index (χ3n) is 4.61. The minimum Gasteiger partial charge on any atom is -0.396 e. The van der Waals surface area contributed by atoms with Crippen molar-refractivity contribution in [1.82, 2.24) is 14.8 Å². The molecule has 0 radical (unpaired) electrons. The Morgan fingerprint density at radius 2 is 2.21 bits per heavy atom. The van der Waals surface area contributed by atoms with E-state index in [0.29, 0.717) is 29.7 Å². The largest absolute Gasteiger partial charge is 0.396 e. The van der Waals surface area contributed by atoms with Gasteiger partial charge in [-0.3, -0.25) is 9.59 Å². The van der Waals surface area contributed by atoms with E-state index in [2.05, 4.69) is 5.32 Å². The molecule has 1 fully saturated rings. The quantitative estimate of drug-likeness (QED) is 0.878. The summed E-state index contributed by atoms with van der Waals surface area (Å²) in [7, 11) is 1.76. The number of benzene rings is 1. The van der Waals surface area contributed by atoms with Crippen molar-refractivity contribution in [2.24, 2.45) is 7.05 Å². The van der Waals surface area contributed by atoms with Crippen molar-refractivity contribution in [3.63, 3.8) is 0 Å². The van der Waals surface area contributed by atoms with Crippen LogP contribution in [0.1, 0.15) is 22.5 Å². The summed E-state index contributed by atoms with van der Waals surface area (Å²) in [5, 5.41) is 12.6. The molecular formula is C17H20FN3O3. The number of hydrogen-bond donors (Lipinski definition) is 2. The van der Waals surface area contributed by atoms with E-state index in [0.717, 1.165) is 5.52 Å². The number of carbonyl (C=O) groups is 2. The second kappa shape index (κ2) is 6.24. The van der Waals surface area contributed by atoms with Crippen LogP contribution in [0.15, 0.2) is 18.2 Å². The molecular weight excluding hydrogens is 313 g/mol. The van der Waals surface area contributed by atoms with Crippen molar-refractivity contribution >= 4 is 22.7 Å². The zero-order chi connectivity index (χ0) is 17.4. The second-order valence-corrected chi connectivity index (χ2v) is 6.01. The van der Waals surface area contributed by atoms with E-state index in [-0.39, 0.29) is 30.7 Å². The topological polar surface area (TPSA) is 74.6 Å². The summed E-state index contributed by atoms with van der Waals surface area (Å²) >= 11 is 0. The monoisotopic (exact) mass is 333 g/mol. The fourth-order valence-electron chi connectivity index (χ4n) is 3.41. The Balaban J connectivity index is 2.06. The number of aliphatic hydroxyl groups excluding tert-OH is 1. The van der Waals surface area contributed by atoms with Crippen LogP contribution >= 0.6 is 0 Å². The predicted molar refractivity (Wildman–Crippen MR) is 87.2 cm³/mol. The summed E-state index contributed by atoms with van der Waals surface area (Å²) in [6.07, 6.45) is 0.190. The standard InChI is InChI=1S/C17H20FN3O3/c1-10-12-9-11(18)3-4-13(12)20(2)15(10)17(24)21-7-6-19-16(23)14(21)5-8-22/h3-4,9,14,22H,5-8H2,1-2H3,(H,19,23)/t14-/m0/s1. The molecule has 1 atom stereocenters. The van der Waals surface area contributed by atoms with Crippen molar-refractivity contribution in [3.05, 3.63) is 35.3 Å². The normalized spacial score (nSPS) is 18.1. The van der Waals surface area contributed by atoms with E-state index in [4.69, 9.17) is 0 Å². The Labute approximate surface area is 138 Å². The summed E-state index contributed by atoms with van der Waals surface area (Å²) < 4.78 is 15.3. The van der Waals surface area contributed by atoms with Gasteiger partial charge in [0.25, 0.3) is 5.91 Å². The van der Waals surface area contributed by atoms with Gasteiger partial charge in [-0.25, -0.2) is 4.39 Å². The van der Waals surface area contributed by atoms with Gasteiger partial charge in [-0.15, -0.1) is 0 Å². The average Bonchev–Trinajstić information content (AvgIpc) is 2.80. The Bertz CT molecular complexity index is 815. The van der Waals surface area contributed by atoms with E-state index in [1.807, 2.05) is 0 Å². The molecule has 0 spiro atoms. The van der Waals surface area contributed by atoms with Crippen LogP contribution in [0.2, 0.25) is 0 Å². The molecule has 1 aliphatic rings. The molecule has 0 saturated carbocycles. The van der Waals surface area contributed by atoms with Gasteiger partial charge in [0, 0.05) is 37.6 Å². The fraction of sp³-hybridized carbons (Fsp3) is 0.412. The molecule has 1 aromatic carbocycles. The van der Waals surface area contributed by atoms with Crippen LogP contribution in [-0.4, -0.2) is 52.1 Å². The van der Waals surface area contributed by atoms with Gasteiger partial charge in [0.05, 0.1) is 0 Å². The molecule has 1 aliphatic heterocycles. The Morgan fingerprint density at radius 3 is 2.92 bits per heavy atom. The molecule has 7 heteroatoms. The number of carbonyl (C=O) groups excluding carboxylic acids is 2. The van der Waals surface area contributed by atoms with Crippen molar-refractivity contribution in [2.75, 3.05) is 19.7 Å². The highest BCUT2D eigenvalue weighted by Gasteiger charge is 2.35. The second-order valence-electron chi connectivity index (χ2n) is 6.01. The number of amides is 2. The zero-order valence-electron chi connectivity index (χ0n) is 13.7. The van der Waals surface area contributed by atoms with E-state index >= 15 is 0 Å². The van der Waals surface area contributed by atoms with E-state index in [1.165, 1.54) is 17.0 Å². The number of nitrogens with one attached hydrogen (secondary N) is 1. The number of halogens is 1. The van der Waals surface area contributed by atoms with E-state index < -0.39 is 6.04 Å². The Hall–Kier alpha value is -2.41. The number of hydrogen-bond acceptors (Lipinski definition) is 3. The van der Waals surface area contributed by atoms with Crippen molar-refractivity contribution in [3.8, 4) is 0 Å². The molecule has 2 aromatic rings.